The van der Waals surface area contributed by atoms with Crippen LogP contribution in [0.4, 0.5) is 15.9 Å². The Balaban J connectivity index is 1.44. The van der Waals surface area contributed by atoms with Gasteiger partial charge in [-0.2, -0.15) is 0 Å². The van der Waals surface area contributed by atoms with Gasteiger partial charge in [0.25, 0.3) is 5.91 Å². The number of piperidine rings is 1. The molecule has 2 aromatic rings. The van der Waals surface area contributed by atoms with E-state index in [9.17, 15) is 9.18 Å². The molecule has 9 heteroatoms. The van der Waals surface area contributed by atoms with Crippen LogP contribution in [0.5, 0.6) is 0 Å². The number of ether oxygens (including phenoxy) is 2. The van der Waals surface area contributed by atoms with E-state index in [0.717, 1.165) is 12.8 Å². The number of carbonyl (C=O) groups is 1. The molecule has 1 aromatic heterocycles. The van der Waals surface area contributed by atoms with Gasteiger partial charge in [-0.05, 0) is 18.2 Å². The van der Waals surface area contributed by atoms with Crippen molar-refractivity contribution in [2.45, 2.75) is 18.6 Å². The van der Waals surface area contributed by atoms with E-state index < -0.39 is 17.5 Å². The Morgan fingerprint density at radius 2 is 1.93 bits per heavy atom. The summed E-state index contributed by atoms with van der Waals surface area (Å²) in [6.07, 6.45) is 2.84. The lowest BCUT2D eigenvalue weighted by Gasteiger charge is -2.38. The van der Waals surface area contributed by atoms with Crippen LogP contribution >= 0.6 is 11.6 Å². The fourth-order valence-corrected chi connectivity index (χ4v) is 3.46. The number of anilines is 2. The number of nitrogens with one attached hydrogen (secondary N) is 1. The summed E-state index contributed by atoms with van der Waals surface area (Å²) in [4.78, 5) is 22.8. The molecule has 27 heavy (non-hydrogen) atoms. The van der Waals surface area contributed by atoms with Gasteiger partial charge in [-0.15, -0.1) is 0 Å². The van der Waals surface area contributed by atoms with Crippen molar-refractivity contribution in [2.75, 3.05) is 36.5 Å². The Morgan fingerprint density at radius 1 is 1.19 bits per heavy atom. The normalized spacial score (nSPS) is 18.7. The van der Waals surface area contributed by atoms with Gasteiger partial charge in [-0.1, -0.05) is 11.6 Å². The Labute approximate surface area is 160 Å². The average Bonchev–Trinajstić information content (AvgIpc) is 3.13. The van der Waals surface area contributed by atoms with E-state index in [1.165, 1.54) is 24.5 Å². The van der Waals surface area contributed by atoms with Crippen molar-refractivity contribution in [3.05, 3.63) is 47.1 Å². The van der Waals surface area contributed by atoms with Gasteiger partial charge in [0.15, 0.2) is 5.79 Å². The van der Waals surface area contributed by atoms with Gasteiger partial charge in [0.1, 0.15) is 23.7 Å². The van der Waals surface area contributed by atoms with Gasteiger partial charge in [0, 0.05) is 37.7 Å². The maximum atomic E-state index is 13.2. The van der Waals surface area contributed by atoms with Crippen molar-refractivity contribution in [2.24, 2.45) is 0 Å². The molecule has 0 aliphatic carbocycles. The highest BCUT2D eigenvalue weighted by molar-refractivity contribution is 6.31. The molecule has 0 saturated carbocycles. The summed E-state index contributed by atoms with van der Waals surface area (Å²) in [5.74, 6) is -0.763. The molecule has 7 nitrogen and oxygen atoms in total. The second kappa shape index (κ2) is 7.38. The zero-order valence-electron chi connectivity index (χ0n) is 14.5. The Bertz CT molecular complexity index is 850. The van der Waals surface area contributed by atoms with Gasteiger partial charge in [-0.3, -0.25) is 4.79 Å². The summed E-state index contributed by atoms with van der Waals surface area (Å²) >= 11 is 5.74. The van der Waals surface area contributed by atoms with Crippen LogP contribution in [0.15, 0.2) is 30.6 Å². The van der Waals surface area contributed by atoms with Crippen molar-refractivity contribution in [3.8, 4) is 0 Å². The van der Waals surface area contributed by atoms with Crippen molar-refractivity contribution in [1.82, 2.24) is 9.97 Å². The van der Waals surface area contributed by atoms with Crippen LogP contribution in [-0.4, -0.2) is 48.0 Å². The summed E-state index contributed by atoms with van der Waals surface area (Å²) in [5.41, 5.74) is 0.608. The van der Waals surface area contributed by atoms with Crippen molar-refractivity contribution in [3.63, 3.8) is 0 Å². The summed E-state index contributed by atoms with van der Waals surface area (Å²) in [7, 11) is 0. The molecule has 0 unspecified atom stereocenters. The lowest BCUT2D eigenvalue weighted by molar-refractivity contribution is -0.169. The largest absolute Gasteiger partial charge is 0.356 e. The number of carbonyl (C=O) groups excluding carboxylic acids is 1. The molecule has 1 spiro atoms. The molecule has 2 fully saturated rings. The minimum Gasteiger partial charge on any atom is -0.356 e. The maximum absolute atomic E-state index is 13.2. The lowest BCUT2D eigenvalue weighted by atomic mass is 10.0. The van der Waals surface area contributed by atoms with Crippen LogP contribution in [0, 0.1) is 5.82 Å². The molecular weight excluding hydrogens is 375 g/mol. The molecule has 0 atom stereocenters. The van der Waals surface area contributed by atoms with E-state index in [1.807, 2.05) is 0 Å². The Kier molecular flexibility index (Phi) is 4.94. The zero-order valence-corrected chi connectivity index (χ0v) is 15.2. The van der Waals surface area contributed by atoms with E-state index >= 15 is 0 Å². The number of aromatic nitrogens is 2. The second-order valence-electron chi connectivity index (χ2n) is 6.44. The minimum atomic E-state index is -0.544. The van der Waals surface area contributed by atoms with Gasteiger partial charge in [-0.25, -0.2) is 14.4 Å². The summed E-state index contributed by atoms with van der Waals surface area (Å²) < 4.78 is 24.7. The van der Waals surface area contributed by atoms with Crippen LogP contribution in [-0.2, 0) is 9.47 Å². The molecule has 1 amide bonds. The van der Waals surface area contributed by atoms with Crippen LogP contribution in [0.1, 0.15) is 23.3 Å². The molecule has 4 rings (SSSR count). The molecule has 3 heterocycles. The first-order valence-electron chi connectivity index (χ1n) is 8.66. The molecule has 2 aliphatic rings. The maximum Gasteiger partial charge on any atom is 0.274 e. The van der Waals surface area contributed by atoms with Crippen LogP contribution in [0.3, 0.4) is 0 Å². The third kappa shape index (κ3) is 3.87. The molecule has 2 saturated heterocycles. The summed E-state index contributed by atoms with van der Waals surface area (Å²) in [5, 5.41) is 2.60. The third-order valence-corrected chi connectivity index (χ3v) is 5.02. The first-order chi connectivity index (χ1) is 13.0. The topological polar surface area (TPSA) is 76.6 Å². The molecule has 2 aliphatic heterocycles. The number of amides is 1. The van der Waals surface area contributed by atoms with Crippen molar-refractivity contribution >= 4 is 29.0 Å². The molecule has 1 aromatic carbocycles. The van der Waals surface area contributed by atoms with Gasteiger partial charge in [0.05, 0.1) is 18.2 Å². The predicted octanol–water partition coefficient (Wildman–Crippen LogP) is 2.86. The molecular formula is C18H18ClFN4O3. The van der Waals surface area contributed by atoms with Gasteiger partial charge < -0.3 is 19.7 Å². The molecule has 0 bridgehead atoms. The first-order valence-corrected chi connectivity index (χ1v) is 9.04. The summed E-state index contributed by atoms with van der Waals surface area (Å²) in [6.45, 7) is 2.69. The molecule has 142 valence electrons. The number of nitrogens with zero attached hydrogens (tertiary/aromatic N) is 3. The van der Waals surface area contributed by atoms with E-state index in [0.29, 0.717) is 37.8 Å². The Hall–Kier alpha value is -2.29. The van der Waals surface area contributed by atoms with Gasteiger partial charge >= 0.3 is 0 Å². The number of hydrogen-bond donors (Lipinski definition) is 1. The minimum absolute atomic E-state index is 0.0604. The smallest absolute Gasteiger partial charge is 0.274 e. The Morgan fingerprint density at radius 3 is 2.63 bits per heavy atom. The van der Waals surface area contributed by atoms with E-state index in [1.54, 1.807) is 6.07 Å². The summed E-state index contributed by atoms with van der Waals surface area (Å²) in [6, 6.07) is 5.62. The number of rotatable bonds is 3. The zero-order chi connectivity index (χ0) is 18.9. The fourth-order valence-electron chi connectivity index (χ4n) is 3.28. The van der Waals surface area contributed by atoms with Crippen LogP contribution in [0.25, 0.3) is 0 Å². The highest BCUT2D eigenvalue weighted by Gasteiger charge is 2.40. The number of hydrogen-bond acceptors (Lipinski definition) is 6. The third-order valence-electron chi connectivity index (χ3n) is 4.73. The highest BCUT2D eigenvalue weighted by atomic mass is 35.5. The lowest BCUT2D eigenvalue weighted by Crippen LogP contribution is -2.45. The van der Waals surface area contributed by atoms with E-state index in [4.69, 9.17) is 21.1 Å². The highest BCUT2D eigenvalue weighted by Crippen LogP contribution is 2.32. The standard InChI is InChI=1S/C18H18ClFN4O3/c19-13-9-12(1-2-14(13)20)23-17(25)15-10-16(22-11-21-15)24-5-3-18(4-6-24)26-7-8-27-18/h1-2,9-11H,3-8H2,(H,23,25). The van der Waals surface area contributed by atoms with Crippen molar-refractivity contribution < 1.29 is 18.7 Å². The van der Waals surface area contributed by atoms with Crippen LogP contribution in [0.2, 0.25) is 5.02 Å². The fraction of sp³-hybridized carbons (Fsp3) is 0.389. The predicted molar refractivity (Wildman–Crippen MR) is 97.5 cm³/mol. The molecule has 0 radical (unpaired) electrons. The van der Waals surface area contributed by atoms with Gasteiger partial charge in [0.2, 0.25) is 0 Å². The second-order valence-corrected chi connectivity index (χ2v) is 6.85. The van der Waals surface area contributed by atoms with Crippen LogP contribution < -0.4 is 10.2 Å². The van der Waals surface area contributed by atoms with Crippen molar-refractivity contribution in [1.29, 1.82) is 0 Å². The SMILES string of the molecule is O=C(Nc1ccc(F)c(Cl)c1)c1cc(N2CCC3(CC2)OCCO3)ncn1. The number of benzene rings is 1. The quantitative estimate of drug-likeness (QED) is 0.865. The van der Waals surface area contributed by atoms with E-state index in [2.05, 4.69) is 20.2 Å². The molecule has 1 N–H and O–H groups in total. The monoisotopic (exact) mass is 392 g/mol. The average molecular weight is 393 g/mol. The van der Waals surface area contributed by atoms with E-state index in [-0.39, 0.29) is 10.7 Å². The number of halogens is 2. The first kappa shape index (κ1) is 18.1.